The van der Waals surface area contributed by atoms with Gasteiger partial charge in [0.05, 0.1) is 10.7 Å². The van der Waals surface area contributed by atoms with Gasteiger partial charge in [-0.1, -0.05) is 39.9 Å². The number of carboxylic acids is 1. The van der Waals surface area contributed by atoms with Crippen LogP contribution in [0.2, 0.25) is 0 Å². The Morgan fingerprint density at radius 2 is 2.00 bits per heavy atom. The summed E-state index contributed by atoms with van der Waals surface area (Å²) in [5.74, 6) is 5.17. The third-order valence-corrected chi connectivity index (χ3v) is 3.18. The standard InChI is InChI=1S/C13H11BrO2/c14-9-1-2-10-3-5-11(6-4-10)13(7-8-13)12(15)16/h3-6H,7-9H2,(H,15,16). The molecule has 0 aromatic heterocycles. The zero-order chi connectivity index (χ0) is 11.6. The van der Waals surface area contributed by atoms with E-state index in [2.05, 4.69) is 27.8 Å². The molecule has 2 rings (SSSR count). The minimum absolute atomic E-state index is 0.610. The molecule has 1 aliphatic carbocycles. The van der Waals surface area contributed by atoms with E-state index >= 15 is 0 Å². The van der Waals surface area contributed by atoms with Crippen LogP contribution in [0.15, 0.2) is 24.3 Å². The second-order valence-corrected chi connectivity index (χ2v) is 4.46. The first kappa shape index (κ1) is 11.2. The van der Waals surface area contributed by atoms with Crippen molar-refractivity contribution < 1.29 is 9.90 Å². The van der Waals surface area contributed by atoms with Crippen molar-refractivity contribution >= 4 is 21.9 Å². The number of benzene rings is 1. The quantitative estimate of drug-likeness (QED) is 0.667. The summed E-state index contributed by atoms with van der Waals surface area (Å²) in [5, 5.41) is 9.78. The van der Waals surface area contributed by atoms with Crippen molar-refractivity contribution in [3.8, 4) is 11.8 Å². The Hall–Kier alpha value is -1.27. The van der Waals surface area contributed by atoms with Crippen molar-refractivity contribution in [2.75, 3.05) is 5.33 Å². The zero-order valence-corrected chi connectivity index (χ0v) is 10.3. The van der Waals surface area contributed by atoms with E-state index in [0.717, 1.165) is 24.0 Å². The first-order valence-electron chi connectivity index (χ1n) is 5.08. The van der Waals surface area contributed by atoms with Gasteiger partial charge in [0.15, 0.2) is 0 Å². The molecule has 1 fully saturated rings. The average molecular weight is 279 g/mol. The largest absolute Gasteiger partial charge is 0.481 e. The predicted octanol–water partition coefficient (Wildman–Crippen LogP) is 2.55. The minimum atomic E-state index is -0.716. The smallest absolute Gasteiger partial charge is 0.314 e. The average Bonchev–Trinajstić information content (AvgIpc) is 3.08. The van der Waals surface area contributed by atoms with Crippen molar-refractivity contribution in [2.45, 2.75) is 18.3 Å². The number of hydrogen-bond donors (Lipinski definition) is 1. The van der Waals surface area contributed by atoms with Crippen LogP contribution < -0.4 is 0 Å². The Morgan fingerprint density at radius 1 is 1.38 bits per heavy atom. The Morgan fingerprint density at radius 3 is 2.44 bits per heavy atom. The number of halogens is 1. The topological polar surface area (TPSA) is 37.3 Å². The number of hydrogen-bond acceptors (Lipinski definition) is 1. The second-order valence-electron chi connectivity index (χ2n) is 3.90. The molecule has 0 atom stereocenters. The van der Waals surface area contributed by atoms with Gasteiger partial charge in [0, 0.05) is 5.56 Å². The predicted molar refractivity (Wildman–Crippen MR) is 65.7 cm³/mol. The van der Waals surface area contributed by atoms with E-state index in [0.29, 0.717) is 5.33 Å². The van der Waals surface area contributed by atoms with Crippen LogP contribution in [0.1, 0.15) is 24.0 Å². The maximum absolute atomic E-state index is 11.1. The fourth-order valence-corrected chi connectivity index (χ4v) is 1.90. The van der Waals surface area contributed by atoms with Crippen LogP contribution in [0, 0.1) is 11.8 Å². The summed E-state index contributed by atoms with van der Waals surface area (Å²) in [4.78, 5) is 11.1. The van der Waals surface area contributed by atoms with Gasteiger partial charge in [0.2, 0.25) is 0 Å². The van der Waals surface area contributed by atoms with Gasteiger partial charge in [-0.3, -0.25) is 4.79 Å². The van der Waals surface area contributed by atoms with Gasteiger partial charge in [0.25, 0.3) is 0 Å². The molecule has 82 valence electrons. The molecular weight excluding hydrogens is 268 g/mol. The second kappa shape index (κ2) is 4.31. The Balaban J connectivity index is 2.23. The van der Waals surface area contributed by atoms with Crippen LogP contribution in [-0.4, -0.2) is 16.4 Å². The summed E-state index contributed by atoms with van der Waals surface area (Å²) in [6, 6.07) is 7.51. The van der Waals surface area contributed by atoms with Crippen LogP contribution in [-0.2, 0) is 10.2 Å². The molecule has 0 radical (unpaired) electrons. The van der Waals surface area contributed by atoms with Crippen LogP contribution in [0.5, 0.6) is 0 Å². The summed E-state index contributed by atoms with van der Waals surface area (Å²) < 4.78 is 0. The van der Waals surface area contributed by atoms with Crippen molar-refractivity contribution in [2.24, 2.45) is 0 Å². The summed E-state index contributed by atoms with van der Waals surface area (Å²) >= 11 is 3.23. The number of aliphatic carboxylic acids is 1. The molecule has 0 unspecified atom stereocenters. The first-order chi connectivity index (χ1) is 7.69. The fourth-order valence-electron chi connectivity index (χ4n) is 1.76. The molecule has 1 aromatic rings. The van der Waals surface area contributed by atoms with Crippen LogP contribution in [0.4, 0.5) is 0 Å². The molecule has 1 aromatic carbocycles. The van der Waals surface area contributed by atoms with Crippen molar-refractivity contribution in [1.29, 1.82) is 0 Å². The van der Waals surface area contributed by atoms with E-state index in [1.165, 1.54) is 0 Å². The van der Waals surface area contributed by atoms with Crippen LogP contribution in [0.3, 0.4) is 0 Å². The van der Waals surface area contributed by atoms with Crippen molar-refractivity contribution in [3.05, 3.63) is 35.4 Å². The molecule has 0 heterocycles. The Kier molecular flexibility index (Phi) is 3.02. The van der Waals surface area contributed by atoms with E-state index in [1.54, 1.807) is 0 Å². The molecule has 1 aliphatic rings. The van der Waals surface area contributed by atoms with Crippen molar-refractivity contribution in [1.82, 2.24) is 0 Å². The zero-order valence-electron chi connectivity index (χ0n) is 8.66. The van der Waals surface area contributed by atoms with Gasteiger partial charge in [-0.05, 0) is 30.5 Å². The monoisotopic (exact) mass is 278 g/mol. The van der Waals surface area contributed by atoms with Crippen molar-refractivity contribution in [3.63, 3.8) is 0 Å². The maximum Gasteiger partial charge on any atom is 0.314 e. The minimum Gasteiger partial charge on any atom is -0.481 e. The van der Waals surface area contributed by atoms with Gasteiger partial charge in [-0.2, -0.15) is 0 Å². The molecule has 16 heavy (non-hydrogen) atoms. The third kappa shape index (κ3) is 1.98. The highest BCUT2D eigenvalue weighted by Gasteiger charge is 2.51. The molecule has 0 amide bonds. The van der Waals surface area contributed by atoms with Crippen LogP contribution >= 0.6 is 15.9 Å². The summed E-state index contributed by atoms with van der Waals surface area (Å²) in [6.07, 6.45) is 1.49. The normalized spacial score (nSPS) is 16.1. The van der Waals surface area contributed by atoms with Gasteiger partial charge in [0.1, 0.15) is 0 Å². The molecule has 1 N–H and O–H groups in total. The van der Waals surface area contributed by atoms with Gasteiger partial charge in [-0.15, -0.1) is 0 Å². The summed E-state index contributed by atoms with van der Waals surface area (Å²) in [7, 11) is 0. The maximum atomic E-state index is 11.1. The lowest BCUT2D eigenvalue weighted by atomic mass is 9.95. The molecule has 0 saturated heterocycles. The Bertz CT molecular complexity index is 461. The lowest BCUT2D eigenvalue weighted by Crippen LogP contribution is -2.19. The highest BCUT2D eigenvalue weighted by molar-refractivity contribution is 9.09. The number of rotatable bonds is 2. The SMILES string of the molecule is O=C(O)C1(c2ccc(C#CCBr)cc2)CC1. The fraction of sp³-hybridized carbons (Fsp3) is 0.308. The van der Waals surface area contributed by atoms with Crippen LogP contribution in [0.25, 0.3) is 0 Å². The van der Waals surface area contributed by atoms with E-state index in [9.17, 15) is 4.79 Å². The molecule has 2 nitrogen and oxygen atoms in total. The molecule has 0 aliphatic heterocycles. The van der Waals surface area contributed by atoms with Gasteiger partial charge in [-0.25, -0.2) is 0 Å². The van der Waals surface area contributed by atoms with Gasteiger partial charge >= 0.3 is 5.97 Å². The first-order valence-corrected chi connectivity index (χ1v) is 6.20. The molecular formula is C13H11BrO2. The third-order valence-electron chi connectivity index (χ3n) is 2.90. The molecule has 0 bridgehead atoms. The highest BCUT2D eigenvalue weighted by atomic mass is 79.9. The highest BCUT2D eigenvalue weighted by Crippen LogP contribution is 2.48. The lowest BCUT2D eigenvalue weighted by molar-refractivity contribution is -0.140. The lowest BCUT2D eigenvalue weighted by Gasteiger charge is -2.09. The number of carbonyl (C=O) groups is 1. The molecule has 3 heteroatoms. The van der Waals surface area contributed by atoms with E-state index in [4.69, 9.17) is 5.11 Å². The van der Waals surface area contributed by atoms with E-state index in [-0.39, 0.29) is 0 Å². The van der Waals surface area contributed by atoms with E-state index in [1.807, 2.05) is 24.3 Å². The summed E-state index contributed by atoms with van der Waals surface area (Å²) in [5.41, 5.74) is 1.20. The number of alkyl halides is 1. The Labute approximate surface area is 103 Å². The van der Waals surface area contributed by atoms with Gasteiger partial charge < -0.3 is 5.11 Å². The van der Waals surface area contributed by atoms with E-state index < -0.39 is 11.4 Å². The number of carboxylic acid groups (broad SMARTS) is 1. The molecule has 0 spiro atoms. The summed E-state index contributed by atoms with van der Waals surface area (Å²) in [6.45, 7) is 0. The molecule has 1 saturated carbocycles.